The highest BCUT2D eigenvalue weighted by Crippen LogP contribution is 2.33. The lowest BCUT2D eigenvalue weighted by atomic mass is 10.1. The molecule has 0 aliphatic carbocycles. The number of hydrogen-bond acceptors (Lipinski definition) is 4. The van der Waals surface area contributed by atoms with Gasteiger partial charge in [-0.3, -0.25) is 14.5 Å². The molecule has 0 spiro atoms. The minimum absolute atomic E-state index is 0.0386. The molecule has 4 rings (SSSR count). The quantitative estimate of drug-likeness (QED) is 0.821. The first kappa shape index (κ1) is 18.3. The van der Waals surface area contributed by atoms with Crippen LogP contribution in [0.4, 0.5) is 11.4 Å². The van der Waals surface area contributed by atoms with Crippen LogP contribution in [0.1, 0.15) is 12.5 Å². The van der Waals surface area contributed by atoms with Crippen molar-refractivity contribution in [2.75, 3.05) is 43.1 Å². The molecule has 1 fully saturated rings. The number of hydrogen-bond donors (Lipinski definition) is 0. The Bertz CT molecular complexity index is 890. The van der Waals surface area contributed by atoms with Crippen molar-refractivity contribution in [3.8, 4) is 5.75 Å². The van der Waals surface area contributed by atoms with Gasteiger partial charge in [0, 0.05) is 57.0 Å². The van der Waals surface area contributed by atoms with Gasteiger partial charge in [0.2, 0.25) is 11.8 Å². The van der Waals surface area contributed by atoms with E-state index in [1.165, 1.54) is 6.92 Å². The second-order valence-corrected chi connectivity index (χ2v) is 7.25. The van der Waals surface area contributed by atoms with Crippen LogP contribution in [0.3, 0.4) is 0 Å². The van der Waals surface area contributed by atoms with Gasteiger partial charge in [-0.05, 0) is 23.8 Å². The average molecular weight is 379 g/mol. The molecule has 2 aromatic rings. The van der Waals surface area contributed by atoms with Gasteiger partial charge in [0.25, 0.3) is 0 Å². The summed E-state index contributed by atoms with van der Waals surface area (Å²) in [7, 11) is 1.66. The zero-order valence-electron chi connectivity index (χ0n) is 16.3. The highest BCUT2D eigenvalue weighted by atomic mass is 16.5. The Morgan fingerprint density at radius 2 is 1.75 bits per heavy atom. The zero-order chi connectivity index (χ0) is 19.7. The van der Waals surface area contributed by atoms with E-state index in [1.807, 2.05) is 47.4 Å². The number of amides is 2. The fourth-order valence-corrected chi connectivity index (χ4v) is 4.18. The van der Waals surface area contributed by atoms with Crippen LogP contribution in [-0.2, 0) is 16.0 Å². The average Bonchev–Trinajstić information content (AvgIpc) is 3.13. The molecule has 2 heterocycles. The van der Waals surface area contributed by atoms with Crippen LogP contribution >= 0.6 is 0 Å². The number of rotatable bonds is 3. The van der Waals surface area contributed by atoms with Crippen LogP contribution in [0.5, 0.6) is 5.75 Å². The van der Waals surface area contributed by atoms with E-state index in [9.17, 15) is 9.59 Å². The summed E-state index contributed by atoms with van der Waals surface area (Å²) in [5.74, 6) is 0.784. The first-order chi connectivity index (χ1) is 13.6. The molecule has 0 N–H and O–H groups in total. The van der Waals surface area contributed by atoms with Gasteiger partial charge in [-0.1, -0.05) is 24.3 Å². The van der Waals surface area contributed by atoms with Crippen molar-refractivity contribution in [2.45, 2.75) is 19.4 Å². The van der Waals surface area contributed by atoms with Crippen molar-refractivity contribution in [3.63, 3.8) is 0 Å². The Balaban J connectivity index is 1.45. The van der Waals surface area contributed by atoms with Crippen molar-refractivity contribution in [2.24, 2.45) is 0 Å². The predicted molar refractivity (Wildman–Crippen MR) is 109 cm³/mol. The summed E-state index contributed by atoms with van der Waals surface area (Å²) in [6.07, 6.45) is 0.588. The molecule has 0 unspecified atom stereocenters. The number of nitrogens with zero attached hydrogens (tertiary/aromatic N) is 3. The summed E-state index contributed by atoms with van der Waals surface area (Å²) in [4.78, 5) is 31.3. The van der Waals surface area contributed by atoms with Gasteiger partial charge in [0.1, 0.15) is 11.8 Å². The van der Waals surface area contributed by atoms with E-state index in [1.54, 1.807) is 12.0 Å². The van der Waals surface area contributed by atoms with Crippen LogP contribution < -0.4 is 14.5 Å². The summed E-state index contributed by atoms with van der Waals surface area (Å²) < 4.78 is 5.31. The second kappa shape index (κ2) is 7.54. The Morgan fingerprint density at radius 3 is 2.46 bits per heavy atom. The molecule has 6 nitrogen and oxygen atoms in total. The second-order valence-electron chi connectivity index (χ2n) is 7.25. The predicted octanol–water partition coefficient (Wildman–Crippen LogP) is 2.32. The monoisotopic (exact) mass is 379 g/mol. The van der Waals surface area contributed by atoms with E-state index in [4.69, 9.17) is 4.74 Å². The van der Waals surface area contributed by atoms with Crippen LogP contribution in [0, 0.1) is 0 Å². The van der Waals surface area contributed by atoms with Crippen LogP contribution in [0.25, 0.3) is 0 Å². The SMILES string of the molecule is COc1cccc(N2CCN(C(=O)[C@H]3Cc4ccccc4N3C(C)=O)CC2)c1. The molecule has 1 saturated heterocycles. The molecular formula is C22H25N3O3. The largest absolute Gasteiger partial charge is 0.497 e. The summed E-state index contributed by atoms with van der Waals surface area (Å²) in [6.45, 7) is 4.35. The molecule has 2 amide bonds. The number of para-hydroxylation sites is 1. The lowest BCUT2D eigenvalue weighted by Gasteiger charge is -2.38. The lowest BCUT2D eigenvalue weighted by molar-refractivity contribution is -0.134. The van der Waals surface area contributed by atoms with E-state index in [0.717, 1.165) is 35.8 Å². The van der Waals surface area contributed by atoms with Crippen molar-refractivity contribution in [1.82, 2.24) is 4.90 Å². The Morgan fingerprint density at radius 1 is 1.00 bits per heavy atom. The molecule has 2 aromatic carbocycles. The molecular weight excluding hydrogens is 354 g/mol. The minimum atomic E-state index is -0.432. The van der Waals surface area contributed by atoms with Crippen LogP contribution in [0.15, 0.2) is 48.5 Å². The van der Waals surface area contributed by atoms with Gasteiger partial charge in [0.05, 0.1) is 7.11 Å². The first-order valence-corrected chi connectivity index (χ1v) is 9.64. The number of piperazine rings is 1. The van der Waals surface area contributed by atoms with Gasteiger partial charge in [-0.15, -0.1) is 0 Å². The third-order valence-electron chi connectivity index (χ3n) is 5.61. The Hall–Kier alpha value is -3.02. The summed E-state index contributed by atoms with van der Waals surface area (Å²) in [5.41, 5.74) is 3.03. The molecule has 6 heteroatoms. The van der Waals surface area contributed by atoms with Gasteiger partial charge < -0.3 is 14.5 Å². The maximum absolute atomic E-state index is 13.2. The molecule has 0 aromatic heterocycles. The number of methoxy groups -OCH3 is 1. The van der Waals surface area contributed by atoms with E-state index in [0.29, 0.717) is 19.5 Å². The van der Waals surface area contributed by atoms with E-state index >= 15 is 0 Å². The first-order valence-electron chi connectivity index (χ1n) is 9.64. The number of carbonyl (C=O) groups excluding carboxylic acids is 2. The molecule has 146 valence electrons. The molecule has 2 aliphatic rings. The number of anilines is 2. The van der Waals surface area contributed by atoms with Gasteiger partial charge in [0.15, 0.2) is 0 Å². The fourth-order valence-electron chi connectivity index (χ4n) is 4.18. The maximum atomic E-state index is 13.2. The van der Waals surface area contributed by atoms with Crippen molar-refractivity contribution >= 4 is 23.2 Å². The smallest absolute Gasteiger partial charge is 0.246 e. The normalized spacial score (nSPS) is 18.8. The van der Waals surface area contributed by atoms with Crippen molar-refractivity contribution in [3.05, 3.63) is 54.1 Å². The molecule has 2 aliphatic heterocycles. The number of ether oxygens (including phenoxy) is 1. The van der Waals surface area contributed by atoms with Crippen molar-refractivity contribution in [1.29, 1.82) is 0 Å². The highest BCUT2D eigenvalue weighted by molar-refractivity contribution is 6.02. The van der Waals surface area contributed by atoms with Crippen molar-refractivity contribution < 1.29 is 14.3 Å². The Labute approximate surface area is 165 Å². The van der Waals surface area contributed by atoms with E-state index < -0.39 is 6.04 Å². The number of fused-ring (bicyclic) bond motifs is 1. The standard InChI is InChI=1S/C22H25N3O3/c1-16(26)25-20-9-4-3-6-17(20)14-21(25)22(27)24-12-10-23(11-13-24)18-7-5-8-19(15-18)28-2/h3-9,15,21H,10-14H2,1-2H3/t21-/m1/s1. The van der Waals surface area contributed by atoms with Gasteiger partial charge in [-0.2, -0.15) is 0 Å². The van der Waals surface area contributed by atoms with E-state index in [-0.39, 0.29) is 11.8 Å². The fraction of sp³-hybridized carbons (Fsp3) is 0.364. The maximum Gasteiger partial charge on any atom is 0.246 e. The molecule has 1 atom stereocenters. The summed E-state index contributed by atoms with van der Waals surface area (Å²) in [5, 5.41) is 0. The number of benzene rings is 2. The summed E-state index contributed by atoms with van der Waals surface area (Å²) >= 11 is 0. The summed E-state index contributed by atoms with van der Waals surface area (Å²) in [6, 6.07) is 15.3. The van der Waals surface area contributed by atoms with Crippen LogP contribution in [-0.4, -0.2) is 56.0 Å². The zero-order valence-corrected chi connectivity index (χ0v) is 16.3. The number of carbonyl (C=O) groups is 2. The van der Waals surface area contributed by atoms with Gasteiger partial charge in [-0.25, -0.2) is 0 Å². The molecule has 0 bridgehead atoms. The lowest BCUT2D eigenvalue weighted by Crippen LogP contribution is -2.55. The Kier molecular flexibility index (Phi) is 4.94. The molecule has 0 saturated carbocycles. The molecule has 0 radical (unpaired) electrons. The third-order valence-corrected chi connectivity index (χ3v) is 5.61. The van der Waals surface area contributed by atoms with Gasteiger partial charge >= 0.3 is 0 Å². The van der Waals surface area contributed by atoms with Crippen LogP contribution in [0.2, 0.25) is 0 Å². The highest BCUT2D eigenvalue weighted by Gasteiger charge is 2.39. The van der Waals surface area contributed by atoms with E-state index in [2.05, 4.69) is 11.0 Å². The molecule has 28 heavy (non-hydrogen) atoms. The third kappa shape index (κ3) is 3.30. The topological polar surface area (TPSA) is 53.1 Å². The minimum Gasteiger partial charge on any atom is -0.497 e.